The van der Waals surface area contributed by atoms with E-state index in [2.05, 4.69) is 0 Å². The number of aldehydes is 1. The molecule has 0 aliphatic rings. The van der Waals surface area contributed by atoms with E-state index < -0.39 is 12.1 Å². The van der Waals surface area contributed by atoms with E-state index in [9.17, 15) is 14.7 Å². The number of hydrogen-bond acceptors (Lipinski definition) is 5. The van der Waals surface area contributed by atoms with Gasteiger partial charge in [0.15, 0.2) is 12.4 Å². The highest BCUT2D eigenvalue weighted by molar-refractivity contribution is 5.85. The molecule has 0 spiro atoms. The number of nitrogens with zero attached hydrogens (tertiary/aromatic N) is 1. The topological polar surface area (TPSA) is 108 Å². The number of carbonyl (C=O) groups excluding carboxylic acids is 1. The van der Waals surface area contributed by atoms with Gasteiger partial charge in [-0.1, -0.05) is 0 Å². The lowest BCUT2D eigenvalue weighted by Gasteiger charge is -2.13. The molecule has 1 rings (SSSR count). The maximum Gasteiger partial charge on any atom is 0.337 e. The van der Waals surface area contributed by atoms with Crippen LogP contribution in [0.25, 0.3) is 0 Å². The van der Waals surface area contributed by atoms with E-state index in [1.807, 2.05) is 0 Å². The number of carbonyl (C=O) groups is 2. The number of aliphatic carboxylic acids is 1. The normalized spacial score (nSPS) is 11.4. The van der Waals surface area contributed by atoms with Crippen LogP contribution in [0, 0.1) is 11.3 Å². The molecular formula is C11H9NO5. The number of carboxylic acid groups (broad SMARTS) is 1. The molecule has 0 bridgehead atoms. The average Bonchev–Trinajstić information content (AvgIpc) is 2.35. The molecule has 1 unspecified atom stereocenters. The molecule has 0 radical (unpaired) electrons. The first kappa shape index (κ1) is 12.7. The fourth-order valence-corrected chi connectivity index (χ4v) is 1.40. The molecule has 0 heterocycles. The van der Waals surface area contributed by atoms with Gasteiger partial charge in [-0.3, -0.25) is 4.79 Å². The van der Waals surface area contributed by atoms with Gasteiger partial charge in [-0.2, -0.15) is 5.26 Å². The van der Waals surface area contributed by atoms with Crippen molar-refractivity contribution in [2.24, 2.45) is 0 Å². The maximum absolute atomic E-state index is 10.8. The Morgan fingerprint density at radius 3 is 2.65 bits per heavy atom. The fourth-order valence-electron chi connectivity index (χ4n) is 1.40. The Bertz CT molecular complexity index is 503. The molecule has 0 aliphatic heterocycles. The van der Waals surface area contributed by atoms with Crippen molar-refractivity contribution in [2.75, 3.05) is 7.11 Å². The minimum atomic E-state index is -1.88. The summed E-state index contributed by atoms with van der Waals surface area (Å²) < 4.78 is 4.87. The zero-order valence-corrected chi connectivity index (χ0v) is 8.88. The second-order valence-electron chi connectivity index (χ2n) is 3.15. The number of carboxylic acids is 1. The van der Waals surface area contributed by atoms with Crippen molar-refractivity contribution in [1.82, 2.24) is 0 Å². The van der Waals surface area contributed by atoms with E-state index in [4.69, 9.17) is 15.1 Å². The molecule has 0 amide bonds. The van der Waals surface area contributed by atoms with Crippen molar-refractivity contribution in [3.8, 4) is 11.8 Å². The molecule has 6 heteroatoms. The predicted octanol–water partition coefficient (Wildman–Crippen LogP) is 0.497. The van der Waals surface area contributed by atoms with E-state index in [1.54, 1.807) is 6.07 Å². The second kappa shape index (κ2) is 5.09. The van der Waals surface area contributed by atoms with Crippen molar-refractivity contribution in [2.45, 2.75) is 6.10 Å². The van der Waals surface area contributed by atoms with Crippen molar-refractivity contribution >= 4 is 12.3 Å². The summed E-state index contributed by atoms with van der Waals surface area (Å²) >= 11 is 0. The second-order valence-corrected chi connectivity index (χ2v) is 3.15. The summed E-state index contributed by atoms with van der Waals surface area (Å²) in [6.45, 7) is 0. The number of benzene rings is 1. The molecule has 88 valence electrons. The number of hydrogen-bond donors (Lipinski definition) is 2. The summed E-state index contributed by atoms with van der Waals surface area (Å²) in [7, 11) is 1.25. The average molecular weight is 235 g/mol. The molecule has 1 aromatic rings. The molecule has 2 N–H and O–H groups in total. The molecule has 0 saturated heterocycles. The van der Waals surface area contributed by atoms with Gasteiger partial charge in [-0.15, -0.1) is 0 Å². The highest BCUT2D eigenvalue weighted by Gasteiger charge is 2.24. The van der Waals surface area contributed by atoms with Crippen molar-refractivity contribution in [3.63, 3.8) is 0 Å². The highest BCUT2D eigenvalue weighted by Crippen LogP contribution is 2.29. The molecule has 0 aliphatic carbocycles. The van der Waals surface area contributed by atoms with Gasteiger partial charge in [0.1, 0.15) is 5.75 Å². The van der Waals surface area contributed by atoms with Gasteiger partial charge in [0.25, 0.3) is 0 Å². The van der Waals surface area contributed by atoms with Gasteiger partial charge in [0.05, 0.1) is 18.7 Å². The first-order valence-electron chi connectivity index (χ1n) is 4.53. The first-order chi connectivity index (χ1) is 8.04. The van der Waals surface area contributed by atoms with E-state index in [1.165, 1.54) is 19.2 Å². The number of aliphatic hydroxyl groups is 1. The number of ether oxygens (including phenoxy) is 1. The summed E-state index contributed by atoms with van der Waals surface area (Å²) in [4.78, 5) is 21.5. The van der Waals surface area contributed by atoms with Gasteiger partial charge < -0.3 is 14.9 Å². The Hall–Kier alpha value is -2.39. The molecule has 17 heavy (non-hydrogen) atoms. The summed E-state index contributed by atoms with van der Waals surface area (Å²) in [6, 6.07) is 4.25. The third-order valence-corrected chi connectivity index (χ3v) is 2.16. The van der Waals surface area contributed by atoms with E-state index >= 15 is 0 Å². The highest BCUT2D eigenvalue weighted by atomic mass is 16.5. The Balaban J connectivity index is 3.51. The number of aliphatic hydroxyl groups excluding tert-OH is 1. The predicted molar refractivity (Wildman–Crippen MR) is 55.7 cm³/mol. The minimum absolute atomic E-state index is 0.0129. The van der Waals surface area contributed by atoms with Gasteiger partial charge in [0, 0.05) is 11.1 Å². The molecule has 0 aromatic heterocycles. The molecule has 0 saturated carbocycles. The Morgan fingerprint density at radius 1 is 1.59 bits per heavy atom. The van der Waals surface area contributed by atoms with Crippen LogP contribution in [0.3, 0.4) is 0 Å². The Labute approximate surface area is 96.7 Å². The van der Waals surface area contributed by atoms with Crippen molar-refractivity contribution < 1.29 is 24.5 Å². The van der Waals surface area contributed by atoms with Crippen LogP contribution in [0.2, 0.25) is 0 Å². The molecule has 1 aromatic carbocycles. The molecule has 1 atom stereocenters. The maximum atomic E-state index is 10.8. The van der Waals surface area contributed by atoms with Crippen LogP contribution in [0.1, 0.15) is 27.6 Å². The van der Waals surface area contributed by atoms with Crippen LogP contribution in [-0.4, -0.2) is 29.6 Å². The SMILES string of the molecule is COc1cc(C#N)cc(C=O)c1C(O)C(=O)O. The Morgan fingerprint density at radius 2 is 2.24 bits per heavy atom. The van der Waals surface area contributed by atoms with Crippen LogP contribution in [0.5, 0.6) is 5.75 Å². The van der Waals surface area contributed by atoms with Gasteiger partial charge in [-0.25, -0.2) is 4.79 Å². The van der Waals surface area contributed by atoms with Gasteiger partial charge in [-0.05, 0) is 12.1 Å². The van der Waals surface area contributed by atoms with E-state index in [-0.39, 0.29) is 22.4 Å². The van der Waals surface area contributed by atoms with Crippen molar-refractivity contribution in [1.29, 1.82) is 5.26 Å². The minimum Gasteiger partial charge on any atom is -0.496 e. The van der Waals surface area contributed by atoms with Crippen LogP contribution in [0.15, 0.2) is 12.1 Å². The number of methoxy groups -OCH3 is 1. The summed E-state index contributed by atoms with van der Waals surface area (Å²) in [5, 5.41) is 26.9. The smallest absolute Gasteiger partial charge is 0.337 e. The zero-order chi connectivity index (χ0) is 13.0. The summed E-state index contributed by atoms with van der Waals surface area (Å²) in [5.74, 6) is -1.52. The monoisotopic (exact) mass is 235 g/mol. The lowest BCUT2D eigenvalue weighted by atomic mass is 9.99. The quantitative estimate of drug-likeness (QED) is 0.735. The molecule has 0 fully saturated rings. The lowest BCUT2D eigenvalue weighted by Crippen LogP contribution is -2.14. The molecular weight excluding hydrogens is 226 g/mol. The zero-order valence-electron chi connectivity index (χ0n) is 8.88. The largest absolute Gasteiger partial charge is 0.496 e. The van der Waals surface area contributed by atoms with Crippen molar-refractivity contribution in [3.05, 3.63) is 28.8 Å². The van der Waals surface area contributed by atoms with Crippen LogP contribution in [0.4, 0.5) is 0 Å². The first-order valence-corrected chi connectivity index (χ1v) is 4.53. The number of rotatable bonds is 4. The number of nitriles is 1. The van der Waals surface area contributed by atoms with Gasteiger partial charge in [0.2, 0.25) is 0 Å². The third kappa shape index (κ3) is 2.41. The Kier molecular flexibility index (Phi) is 3.80. The fraction of sp³-hybridized carbons (Fsp3) is 0.182. The van der Waals surface area contributed by atoms with Crippen LogP contribution < -0.4 is 4.74 Å². The van der Waals surface area contributed by atoms with Crippen LogP contribution in [-0.2, 0) is 4.79 Å². The van der Waals surface area contributed by atoms with Gasteiger partial charge >= 0.3 is 5.97 Å². The van der Waals surface area contributed by atoms with E-state index in [0.717, 1.165) is 0 Å². The van der Waals surface area contributed by atoms with Crippen LogP contribution >= 0.6 is 0 Å². The lowest BCUT2D eigenvalue weighted by molar-refractivity contribution is -0.147. The third-order valence-electron chi connectivity index (χ3n) is 2.16. The summed E-state index contributed by atoms with van der Waals surface area (Å²) in [5.41, 5.74) is -0.102. The summed E-state index contributed by atoms with van der Waals surface area (Å²) in [6.07, 6.45) is -1.51. The molecule has 6 nitrogen and oxygen atoms in total. The van der Waals surface area contributed by atoms with E-state index in [0.29, 0.717) is 6.29 Å². The standard InChI is InChI=1S/C11H9NO5/c1-17-8-3-6(4-12)2-7(5-13)9(8)10(14)11(15)16/h2-3,5,10,14H,1H3,(H,15,16).